The third-order valence-corrected chi connectivity index (χ3v) is 4.78. The molecule has 100 valence electrons. The SMILES string of the molecule is CN(CCNS(=O)(=O)c1cncc(Br)c1)C1CC1. The predicted octanol–water partition coefficient (Wildman–Crippen LogP) is 1.22. The van der Waals surface area contributed by atoms with Crippen molar-refractivity contribution in [3.63, 3.8) is 0 Å². The van der Waals surface area contributed by atoms with Crippen LogP contribution in [-0.2, 0) is 10.0 Å². The summed E-state index contributed by atoms with van der Waals surface area (Å²) in [6, 6.07) is 2.18. The monoisotopic (exact) mass is 333 g/mol. The Hall–Kier alpha value is -0.500. The third-order valence-electron chi connectivity index (χ3n) is 2.92. The van der Waals surface area contributed by atoms with E-state index in [1.54, 1.807) is 12.3 Å². The van der Waals surface area contributed by atoms with E-state index in [-0.39, 0.29) is 4.90 Å². The normalized spacial score (nSPS) is 16.2. The van der Waals surface area contributed by atoms with Crippen molar-refractivity contribution in [1.29, 1.82) is 0 Å². The first-order chi connectivity index (χ1) is 8.49. The third kappa shape index (κ3) is 3.74. The molecule has 0 aromatic carbocycles. The molecule has 1 aliphatic rings. The molecule has 0 aliphatic heterocycles. The number of nitrogens with one attached hydrogen (secondary N) is 1. The molecule has 0 bridgehead atoms. The van der Waals surface area contributed by atoms with Crippen LogP contribution in [0.3, 0.4) is 0 Å². The molecule has 2 rings (SSSR count). The van der Waals surface area contributed by atoms with Crippen LogP contribution >= 0.6 is 15.9 Å². The quantitative estimate of drug-likeness (QED) is 0.850. The number of rotatable bonds is 6. The molecule has 1 N–H and O–H groups in total. The van der Waals surface area contributed by atoms with Gasteiger partial charge in [-0.3, -0.25) is 4.98 Å². The first-order valence-electron chi connectivity index (χ1n) is 5.79. The van der Waals surface area contributed by atoms with Crippen molar-refractivity contribution < 1.29 is 8.42 Å². The average Bonchev–Trinajstić information content (AvgIpc) is 3.12. The number of sulfonamides is 1. The van der Waals surface area contributed by atoms with Gasteiger partial charge in [-0.1, -0.05) is 0 Å². The fourth-order valence-electron chi connectivity index (χ4n) is 1.68. The van der Waals surface area contributed by atoms with Crippen molar-refractivity contribution in [3.8, 4) is 0 Å². The summed E-state index contributed by atoms with van der Waals surface area (Å²) in [4.78, 5) is 6.22. The van der Waals surface area contributed by atoms with Crippen LogP contribution in [0.15, 0.2) is 27.8 Å². The zero-order valence-electron chi connectivity index (χ0n) is 10.1. The van der Waals surface area contributed by atoms with Gasteiger partial charge in [-0.2, -0.15) is 0 Å². The number of nitrogens with zero attached hydrogens (tertiary/aromatic N) is 2. The van der Waals surface area contributed by atoms with Crippen molar-refractivity contribution in [2.75, 3.05) is 20.1 Å². The van der Waals surface area contributed by atoms with Crippen molar-refractivity contribution in [2.24, 2.45) is 0 Å². The minimum Gasteiger partial charge on any atom is -0.302 e. The van der Waals surface area contributed by atoms with Crippen LogP contribution in [-0.4, -0.2) is 44.5 Å². The molecule has 5 nitrogen and oxygen atoms in total. The van der Waals surface area contributed by atoms with Crippen LogP contribution in [0, 0.1) is 0 Å². The number of hydrogen-bond donors (Lipinski definition) is 1. The highest BCUT2D eigenvalue weighted by molar-refractivity contribution is 9.10. The van der Waals surface area contributed by atoms with E-state index < -0.39 is 10.0 Å². The van der Waals surface area contributed by atoms with Gasteiger partial charge in [0.05, 0.1) is 0 Å². The Balaban J connectivity index is 1.90. The van der Waals surface area contributed by atoms with Crippen LogP contribution in [0.1, 0.15) is 12.8 Å². The van der Waals surface area contributed by atoms with Gasteiger partial charge in [0.25, 0.3) is 0 Å². The van der Waals surface area contributed by atoms with Gasteiger partial charge in [0.1, 0.15) is 4.90 Å². The number of halogens is 1. The first kappa shape index (κ1) is 13.9. The maximum absolute atomic E-state index is 12.0. The Morgan fingerprint density at radius 2 is 2.22 bits per heavy atom. The van der Waals surface area contributed by atoms with Crippen LogP contribution in [0.5, 0.6) is 0 Å². The Bertz CT molecular complexity index is 517. The second-order valence-corrected chi connectivity index (χ2v) is 7.13. The molecule has 0 unspecified atom stereocenters. The van der Waals surface area contributed by atoms with E-state index in [4.69, 9.17) is 0 Å². The van der Waals surface area contributed by atoms with Gasteiger partial charge in [0.2, 0.25) is 10.0 Å². The molecule has 0 saturated heterocycles. The molecule has 1 heterocycles. The second-order valence-electron chi connectivity index (χ2n) is 4.45. The van der Waals surface area contributed by atoms with E-state index in [0.29, 0.717) is 17.1 Å². The summed E-state index contributed by atoms with van der Waals surface area (Å²) < 4.78 is 27.2. The topological polar surface area (TPSA) is 62.3 Å². The van der Waals surface area contributed by atoms with Crippen LogP contribution in [0.25, 0.3) is 0 Å². The lowest BCUT2D eigenvalue weighted by atomic mass is 10.5. The summed E-state index contributed by atoms with van der Waals surface area (Å²) in [6.07, 6.45) is 5.34. The highest BCUT2D eigenvalue weighted by Gasteiger charge is 2.25. The van der Waals surface area contributed by atoms with Crippen LogP contribution in [0.4, 0.5) is 0 Å². The van der Waals surface area contributed by atoms with E-state index in [1.165, 1.54) is 19.0 Å². The molecule has 1 aliphatic carbocycles. The zero-order chi connectivity index (χ0) is 13.2. The summed E-state index contributed by atoms with van der Waals surface area (Å²) in [6.45, 7) is 1.15. The average molecular weight is 334 g/mol. The van der Waals surface area contributed by atoms with Crippen LogP contribution in [0.2, 0.25) is 0 Å². The molecule has 1 fully saturated rings. The molecule has 18 heavy (non-hydrogen) atoms. The Morgan fingerprint density at radius 1 is 1.50 bits per heavy atom. The van der Waals surface area contributed by atoms with Gasteiger partial charge in [-0.25, -0.2) is 13.1 Å². The smallest absolute Gasteiger partial charge is 0.242 e. The molecule has 0 amide bonds. The lowest BCUT2D eigenvalue weighted by molar-refractivity contribution is 0.329. The van der Waals surface area contributed by atoms with Gasteiger partial charge < -0.3 is 4.90 Å². The maximum atomic E-state index is 12.0. The molecule has 1 saturated carbocycles. The summed E-state index contributed by atoms with van der Waals surface area (Å²) in [5.41, 5.74) is 0. The number of likely N-dealkylation sites (N-methyl/N-ethyl adjacent to an activating group) is 1. The van der Waals surface area contributed by atoms with Gasteiger partial charge in [-0.15, -0.1) is 0 Å². The van der Waals surface area contributed by atoms with Crippen molar-refractivity contribution >= 4 is 26.0 Å². The Kier molecular flexibility index (Phi) is 4.37. The molecule has 0 radical (unpaired) electrons. The number of hydrogen-bond acceptors (Lipinski definition) is 4. The van der Waals surface area contributed by atoms with Gasteiger partial charge >= 0.3 is 0 Å². The maximum Gasteiger partial charge on any atom is 0.242 e. The Labute approximate surface area is 116 Å². The first-order valence-corrected chi connectivity index (χ1v) is 8.07. The molecule has 7 heteroatoms. The summed E-state index contributed by atoms with van der Waals surface area (Å²) >= 11 is 3.21. The van der Waals surface area contributed by atoms with Gasteiger partial charge in [-0.05, 0) is 41.9 Å². The molecule has 0 spiro atoms. The molecule has 0 atom stereocenters. The lowest BCUT2D eigenvalue weighted by Gasteiger charge is -2.15. The zero-order valence-corrected chi connectivity index (χ0v) is 12.5. The molecular weight excluding hydrogens is 318 g/mol. The Morgan fingerprint density at radius 3 is 2.83 bits per heavy atom. The summed E-state index contributed by atoms with van der Waals surface area (Å²) in [5.74, 6) is 0. The lowest BCUT2D eigenvalue weighted by Crippen LogP contribution is -2.34. The highest BCUT2D eigenvalue weighted by atomic mass is 79.9. The van der Waals surface area contributed by atoms with Crippen LogP contribution < -0.4 is 4.72 Å². The van der Waals surface area contributed by atoms with Crippen molar-refractivity contribution in [3.05, 3.63) is 22.9 Å². The fraction of sp³-hybridized carbons (Fsp3) is 0.545. The van der Waals surface area contributed by atoms with E-state index in [9.17, 15) is 8.42 Å². The van der Waals surface area contributed by atoms with E-state index in [0.717, 1.165) is 6.54 Å². The predicted molar refractivity (Wildman–Crippen MR) is 72.8 cm³/mol. The highest BCUT2D eigenvalue weighted by Crippen LogP contribution is 2.24. The van der Waals surface area contributed by atoms with Crippen molar-refractivity contribution in [1.82, 2.24) is 14.6 Å². The second kappa shape index (κ2) is 5.64. The molecule has 1 aromatic rings. The number of pyridine rings is 1. The minimum atomic E-state index is -3.45. The molecular formula is C11H16BrN3O2S. The van der Waals surface area contributed by atoms with Gasteiger partial charge in [0.15, 0.2) is 0 Å². The van der Waals surface area contributed by atoms with Crippen molar-refractivity contribution in [2.45, 2.75) is 23.8 Å². The van der Waals surface area contributed by atoms with Gasteiger partial charge in [0, 0.05) is 36.0 Å². The minimum absolute atomic E-state index is 0.186. The largest absolute Gasteiger partial charge is 0.302 e. The fourth-order valence-corrected chi connectivity index (χ4v) is 3.20. The van der Waals surface area contributed by atoms with E-state index >= 15 is 0 Å². The van der Waals surface area contributed by atoms with E-state index in [1.807, 2.05) is 7.05 Å². The summed E-state index contributed by atoms with van der Waals surface area (Å²) in [7, 11) is -1.43. The standard InChI is InChI=1S/C11H16BrN3O2S/c1-15(10-2-3-10)5-4-14-18(16,17)11-6-9(12)7-13-8-11/h6-8,10,14H,2-5H2,1H3. The number of aromatic nitrogens is 1. The van der Waals surface area contributed by atoms with E-state index in [2.05, 4.69) is 30.5 Å². The summed E-state index contributed by atoms with van der Waals surface area (Å²) in [5, 5.41) is 0. The molecule has 1 aromatic heterocycles.